The van der Waals surface area contributed by atoms with Crippen LogP contribution in [-0.4, -0.2) is 31.2 Å². The Bertz CT molecular complexity index is 634. The molecule has 23 heavy (non-hydrogen) atoms. The maximum atomic E-state index is 12.3. The molecule has 0 atom stereocenters. The fourth-order valence-corrected chi connectivity index (χ4v) is 2.32. The van der Waals surface area contributed by atoms with Crippen molar-refractivity contribution in [1.29, 1.82) is 0 Å². The SMILES string of the molecule is COCCCNc1ccc(C(=O)Nc2cc(C)cc(C)c2)cn1. The second kappa shape index (κ2) is 8.29. The normalized spacial score (nSPS) is 10.4. The Morgan fingerprint density at radius 1 is 1.17 bits per heavy atom. The number of hydrogen-bond donors (Lipinski definition) is 2. The van der Waals surface area contributed by atoms with Gasteiger partial charge >= 0.3 is 0 Å². The molecule has 0 aliphatic rings. The molecule has 2 aromatic rings. The molecule has 5 nitrogen and oxygen atoms in total. The van der Waals surface area contributed by atoms with E-state index >= 15 is 0 Å². The van der Waals surface area contributed by atoms with Crippen molar-refractivity contribution in [2.75, 3.05) is 30.9 Å². The highest BCUT2D eigenvalue weighted by Gasteiger charge is 2.07. The van der Waals surface area contributed by atoms with Gasteiger partial charge in [0.05, 0.1) is 5.56 Å². The zero-order valence-electron chi connectivity index (χ0n) is 13.8. The molecule has 1 aromatic heterocycles. The van der Waals surface area contributed by atoms with E-state index in [2.05, 4.69) is 21.7 Å². The number of benzene rings is 1. The first-order valence-electron chi connectivity index (χ1n) is 7.67. The number of nitrogens with zero attached hydrogens (tertiary/aromatic N) is 1. The molecule has 0 aliphatic heterocycles. The van der Waals surface area contributed by atoms with Gasteiger partial charge in [-0.3, -0.25) is 4.79 Å². The summed E-state index contributed by atoms with van der Waals surface area (Å²) >= 11 is 0. The maximum absolute atomic E-state index is 12.3. The van der Waals surface area contributed by atoms with Crippen molar-refractivity contribution in [2.45, 2.75) is 20.3 Å². The number of aromatic nitrogens is 1. The quantitative estimate of drug-likeness (QED) is 0.769. The number of pyridine rings is 1. The van der Waals surface area contributed by atoms with Crippen molar-refractivity contribution < 1.29 is 9.53 Å². The van der Waals surface area contributed by atoms with Crippen LogP contribution in [0.2, 0.25) is 0 Å². The Hall–Kier alpha value is -2.40. The Morgan fingerprint density at radius 2 is 1.91 bits per heavy atom. The van der Waals surface area contributed by atoms with Crippen LogP contribution in [0.1, 0.15) is 27.9 Å². The summed E-state index contributed by atoms with van der Waals surface area (Å²) in [5.74, 6) is 0.595. The molecule has 2 N–H and O–H groups in total. The van der Waals surface area contributed by atoms with E-state index in [-0.39, 0.29) is 5.91 Å². The van der Waals surface area contributed by atoms with E-state index in [0.29, 0.717) is 12.2 Å². The molecule has 122 valence electrons. The fourth-order valence-electron chi connectivity index (χ4n) is 2.32. The number of nitrogens with one attached hydrogen (secondary N) is 2. The highest BCUT2D eigenvalue weighted by Crippen LogP contribution is 2.15. The standard InChI is InChI=1S/C18H23N3O2/c1-13-9-14(2)11-16(10-13)21-18(22)15-5-6-17(20-12-15)19-7-4-8-23-3/h5-6,9-12H,4,7-8H2,1-3H3,(H,19,20)(H,21,22). The minimum absolute atomic E-state index is 0.159. The molecular weight excluding hydrogens is 290 g/mol. The third-order valence-electron chi connectivity index (χ3n) is 3.34. The van der Waals surface area contributed by atoms with Crippen molar-refractivity contribution in [1.82, 2.24) is 4.98 Å². The fraction of sp³-hybridized carbons (Fsp3) is 0.333. The van der Waals surface area contributed by atoms with Gasteiger partial charge in [-0.15, -0.1) is 0 Å². The van der Waals surface area contributed by atoms with Crippen LogP contribution in [0, 0.1) is 13.8 Å². The van der Waals surface area contributed by atoms with Gasteiger partial charge in [0.1, 0.15) is 5.82 Å². The maximum Gasteiger partial charge on any atom is 0.257 e. The van der Waals surface area contributed by atoms with Crippen LogP contribution < -0.4 is 10.6 Å². The predicted octanol–water partition coefficient (Wildman–Crippen LogP) is 3.40. The van der Waals surface area contributed by atoms with Gasteiger partial charge in [0.15, 0.2) is 0 Å². The van der Waals surface area contributed by atoms with E-state index in [4.69, 9.17) is 4.74 Å². The van der Waals surface area contributed by atoms with Crippen molar-refractivity contribution >= 4 is 17.4 Å². The van der Waals surface area contributed by atoms with Crippen LogP contribution in [0.4, 0.5) is 11.5 Å². The first-order chi connectivity index (χ1) is 11.1. The summed E-state index contributed by atoms with van der Waals surface area (Å²) in [6.07, 6.45) is 2.49. The second-order valence-corrected chi connectivity index (χ2v) is 5.54. The second-order valence-electron chi connectivity index (χ2n) is 5.54. The Morgan fingerprint density at radius 3 is 2.52 bits per heavy atom. The Balaban J connectivity index is 1.94. The van der Waals surface area contributed by atoms with Crippen molar-refractivity contribution in [3.63, 3.8) is 0 Å². The van der Waals surface area contributed by atoms with Crippen LogP contribution in [-0.2, 0) is 4.74 Å². The summed E-state index contributed by atoms with van der Waals surface area (Å²) in [6.45, 7) is 5.51. The van der Waals surface area contributed by atoms with Gasteiger partial charge in [-0.25, -0.2) is 4.98 Å². The predicted molar refractivity (Wildman–Crippen MR) is 93.1 cm³/mol. The number of ether oxygens (including phenoxy) is 1. The molecule has 5 heteroatoms. The molecule has 0 spiro atoms. The highest BCUT2D eigenvalue weighted by molar-refractivity contribution is 6.04. The average Bonchev–Trinajstić information content (AvgIpc) is 2.51. The molecule has 1 aromatic carbocycles. The third kappa shape index (κ3) is 5.38. The van der Waals surface area contributed by atoms with Gasteiger partial charge in [-0.2, -0.15) is 0 Å². The first kappa shape index (κ1) is 17.0. The minimum Gasteiger partial charge on any atom is -0.385 e. The Kier molecular flexibility index (Phi) is 6.11. The van der Waals surface area contributed by atoms with Crippen molar-refractivity contribution in [3.8, 4) is 0 Å². The molecule has 0 radical (unpaired) electrons. The first-order valence-corrected chi connectivity index (χ1v) is 7.67. The average molecular weight is 313 g/mol. The molecule has 0 bridgehead atoms. The number of methoxy groups -OCH3 is 1. The summed E-state index contributed by atoms with van der Waals surface area (Å²) in [5.41, 5.74) is 3.57. The molecule has 2 rings (SSSR count). The van der Waals surface area contributed by atoms with Crippen molar-refractivity contribution in [2.24, 2.45) is 0 Å². The van der Waals surface area contributed by atoms with E-state index < -0.39 is 0 Å². The molecule has 0 fully saturated rings. The van der Waals surface area contributed by atoms with Gasteiger partial charge in [0, 0.05) is 32.1 Å². The number of carbonyl (C=O) groups is 1. The molecule has 0 aliphatic carbocycles. The zero-order chi connectivity index (χ0) is 16.7. The highest BCUT2D eigenvalue weighted by atomic mass is 16.5. The number of anilines is 2. The van der Waals surface area contributed by atoms with Gasteiger partial charge in [-0.1, -0.05) is 6.07 Å². The summed E-state index contributed by atoms with van der Waals surface area (Å²) in [7, 11) is 1.68. The van der Waals surface area contributed by atoms with Gasteiger partial charge in [0.2, 0.25) is 0 Å². The van der Waals surface area contributed by atoms with E-state index in [1.54, 1.807) is 19.4 Å². The van der Waals surface area contributed by atoms with Crippen LogP contribution in [0.25, 0.3) is 0 Å². The molecule has 1 amide bonds. The minimum atomic E-state index is -0.159. The van der Waals surface area contributed by atoms with Crippen LogP contribution in [0.3, 0.4) is 0 Å². The lowest BCUT2D eigenvalue weighted by Gasteiger charge is -2.09. The van der Waals surface area contributed by atoms with E-state index in [0.717, 1.165) is 35.6 Å². The summed E-state index contributed by atoms with van der Waals surface area (Å²) < 4.78 is 4.99. The van der Waals surface area contributed by atoms with E-state index in [1.807, 2.05) is 32.0 Å². The monoisotopic (exact) mass is 313 g/mol. The Labute approximate surface area is 137 Å². The zero-order valence-corrected chi connectivity index (χ0v) is 13.8. The molecule has 0 saturated carbocycles. The lowest BCUT2D eigenvalue weighted by molar-refractivity contribution is 0.102. The van der Waals surface area contributed by atoms with Crippen LogP contribution in [0.5, 0.6) is 0 Å². The number of carbonyl (C=O) groups excluding carboxylic acids is 1. The number of amides is 1. The van der Waals surface area contributed by atoms with E-state index in [1.165, 1.54) is 0 Å². The van der Waals surface area contributed by atoms with Gasteiger partial charge in [-0.05, 0) is 55.7 Å². The number of aryl methyl sites for hydroxylation is 2. The lowest BCUT2D eigenvalue weighted by Crippen LogP contribution is -2.13. The third-order valence-corrected chi connectivity index (χ3v) is 3.34. The molecular formula is C18H23N3O2. The van der Waals surface area contributed by atoms with Gasteiger partial charge < -0.3 is 15.4 Å². The largest absolute Gasteiger partial charge is 0.385 e. The lowest BCUT2D eigenvalue weighted by atomic mass is 10.1. The van der Waals surface area contributed by atoms with Gasteiger partial charge in [0.25, 0.3) is 5.91 Å². The summed E-state index contributed by atoms with van der Waals surface area (Å²) in [5, 5.41) is 6.09. The smallest absolute Gasteiger partial charge is 0.257 e. The summed E-state index contributed by atoms with van der Waals surface area (Å²) in [6, 6.07) is 9.54. The topological polar surface area (TPSA) is 63.2 Å². The van der Waals surface area contributed by atoms with E-state index in [9.17, 15) is 4.79 Å². The molecule has 1 heterocycles. The van der Waals surface area contributed by atoms with Crippen LogP contribution >= 0.6 is 0 Å². The molecule has 0 saturated heterocycles. The van der Waals surface area contributed by atoms with Crippen LogP contribution in [0.15, 0.2) is 36.5 Å². The number of hydrogen-bond acceptors (Lipinski definition) is 4. The number of rotatable bonds is 7. The van der Waals surface area contributed by atoms with Crippen molar-refractivity contribution in [3.05, 3.63) is 53.2 Å². The summed E-state index contributed by atoms with van der Waals surface area (Å²) in [4.78, 5) is 16.5. The molecule has 0 unspecified atom stereocenters.